The molecule has 1 aliphatic heterocycles. The molecular weight excluding hydrogens is 330 g/mol. The van der Waals surface area contributed by atoms with Crippen molar-refractivity contribution in [3.63, 3.8) is 0 Å². The van der Waals surface area contributed by atoms with Crippen molar-refractivity contribution in [3.8, 4) is 0 Å². The molecular formula is C20H25N3O3. The van der Waals surface area contributed by atoms with E-state index >= 15 is 0 Å². The fourth-order valence-corrected chi connectivity index (χ4v) is 3.85. The maximum atomic E-state index is 12.2. The molecule has 1 aromatic heterocycles. The highest BCUT2D eigenvalue weighted by Gasteiger charge is 2.41. The van der Waals surface area contributed by atoms with Gasteiger partial charge in [0.15, 0.2) is 0 Å². The minimum absolute atomic E-state index is 0.0330. The van der Waals surface area contributed by atoms with Gasteiger partial charge in [-0.3, -0.25) is 9.59 Å². The van der Waals surface area contributed by atoms with Gasteiger partial charge >= 0.3 is 0 Å². The summed E-state index contributed by atoms with van der Waals surface area (Å²) in [7, 11) is 0. The maximum Gasteiger partial charge on any atom is 0.271 e. The van der Waals surface area contributed by atoms with E-state index in [-0.39, 0.29) is 28.2 Å². The first-order valence-corrected chi connectivity index (χ1v) is 8.93. The molecule has 1 saturated heterocycles. The van der Waals surface area contributed by atoms with E-state index in [0.717, 1.165) is 25.5 Å². The molecule has 6 nitrogen and oxygen atoms in total. The molecule has 26 heavy (non-hydrogen) atoms. The summed E-state index contributed by atoms with van der Waals surface area (Å²) in [4.78, 5) is 29.6. The summed E-state index contributed by atoms with van der Waals surface area (Å²) in [5.41, 5.74) is 0.945. The number of aromatic amines is 1. The second-order valence-electron chi connectivity index (χ2n) is 7.48. The highest BCUT2D eigenvalue weighted by atomic mass is 16.5. The van der Waals surface area contributed by atoms with Gasteiger partial charge in [-0.25, -0.2) is 4.98 Å². The van der Waals surface area contributed by atoms with Gasteiger partial charge in [-0.05, 0) is 38.7 Å². The number of aromatic nitrogens is 2. The molecule has 2 N–H and O–H groups in total. The summed E-state index contributed by atoms with van der Waals surface area (Å²) >= 11 is 0. The Bertz CT molecular complexity index is 796. The minimum Gasteiger partial charge on any atom is -0.376 e. The van der Waals surface area contributed by atoms with Crippen LogP contribution in [-0.4, -0.2) is 34.6 Å². The molecule has 6 heteroatoms. The van der Waals surface area contributed by atoms with Crippen molar-refractivity contribution in [3.05, 3.63) is 64.3 Å². The molecule has 0 spiro atoms. The van der Waals surface area contributed by atoms with Crippen molar-refractivity contribution in [1.82, 2.24) is 15.3 Å². The Morgan fingerprint density at radius 1 is 1.31 bits per heavy atom. The molecule has 1 unspecified atom stereocenters. The normalized spacial score (nSPS) is 21.9. The first-order valence-electron chi connectivity index (χ1n) is 8.93. The number of hydrogen-bond donors (Lipinski definition) is 2. The SMILES string of the molecule is CC1(C)CC(CCNC(=O)c2c[nH]c(=O)cn2)(c2ccccc2)CCO1. The summed E-state index contributed by atoms with van der Waals surface area (Å²) in [6.07, 6.45) is 5.09. The zero-order chi connectivity index (χ0) is 18.6. The Kier molecular flexibility index (Phi) is 5.23. The van der Waals surface area contributed by atoms with Crippen molar-refractivity contribution < 1.29 is 9.53 Å². The molecule has 2 heterocycles. The molecule has 1 atom stereocenters. The number of hydrogen-bond acceptors (Lipinski definition) is 4. The Balaban J connectivity index is 1.72. The van der Waals surface area contributed by atoms with Gasteiger partial charge in [-0.1, -0.05) is 30.3 Å². The summed E-state index contributed by atoms with van der Waals surface area (Å²) in [5, 5.41) is 2.92. The van der Waals surface area contributed by atoms with Crippen LogP contribution >= 0.6 is 0 Å². The molecule has 1 fully saturated rings. The number of nitrogens with zero attached hydrogens (tertiary/aromatic N) is 1. The van der Waals surface area contributed by atoms with E-state index in [9.17, 15) is 9.59 Å². The van der Waals surface area contributed by atoms with E-state index in [1.807, 2.05) is 6.07 Å². The molecule has 2 aromatic rings. The summed E-state index contributed by atoms with van der Waals surface area (Å²) in [6, 6.07) is 10.5. The van der Waals surface area contributed by atoms with E-state index in [2.05, 4.69) is 53.4 Å². The maximum absolute atomic E-state index is 12.2. The third-order valence-electron chi connectivity index (χ3n) is 5.02. The average Bonchev–Trinajstić information content (AvgIpc) is 2.62. The number of carbonyl (C=O) groups is 1. The van der Waals surface area contributed by atoms with Gasteiger partial charge < -0.3 is 15.0 Å². The number of carbonyl (C=O) groups excluding carboxylic acids is 1. The third kappa shape index (κ3) is 4.19. The predicted octanol–water partition coefficient (Wildman–Crippen LogP) is 2.42. The van der Waals surface area contributed by atoms with Crippen LogP contribution in [0.15, 0.2) is 47.5 Å². The standard InChI is InChI=1S/C20H25N3O3/c1-19(2)14-20(9-11-26-19,15-6-4-3-5-7-15)8-10-21-18(25)16-12-23-17(24)13-22-16/h3-7,12-13H,8-11,14H2,1-2H3,(H,21,25)(H,23,24). The lowest BCUT2D eigenvalue weighted by atomic mass is 9.67. The number of benzene rings is 1. The minimum atomic E-state index is -0.325. The van der Waals surface area contributed by atoms with Crippen molar-refractivity contribution >= 4 is 5.91 Å². The smallest absolute Gasteiger partial charge is 0.271 e. The van der Waals surface area contributed by atoms with Crippen LogP contribution < -0.4 is 10.9 Å². The number of rotatable bonds is 5. The highest BCUT2D eigenvalue weighted by molar-refractivity contribution is 5.91. The lowest BCUT2D eigenvalue weighted by Crippen LogP contribution is -2.45. The van der Waals surface area contributed by atoms with Crippen LogP contribution in [0.2, 0.25) is 0 Å². The number of ether oxygens (including phenoxy) is 1. The van der Waals surface area contributed by atoms with E-state index < -0.39 is 0 Å². The van der Waals surface area contributed by atoms with Crippen LogP contribution in [-0.2, 0) is 10.2 Å². The second-order valence-corrected chi connectivity index (χ2v) is 7.48. The van der Waals surface area contributed by atoms with E-state index in [0.29, 0.717) is 13.2 Å². The van der Waals surface area contributed by atoms with Gasteiger partial charge in [-0.15, -0.1) is 0 Å². The van der Waals surface area contributed by atoms with Crippen molar-refractivity contribution in [2.45, 2.75) is 44.1 Å². The van der Waals surface area contributed by atoms with Gasteiger partial charge in [0.25, 0.3) is 11.5 Å². The topological polar surface area (TPSA) is 84.1 Å². The van der Waals surface area contributed by atoms with Crippen LogP contribution in [0.4, 0.5) is 0 Å². The van der Waals surface area contributed by atoms with E-state index in [1.165, 1.54) is 11.8 Å². The number of nitrogens with one attached hydrogen (secondary N) is 2. The monoisotopic (exact) mass is 355 g/mol. The first-order chi connectivity index (χ1) is 12.4. The summed E-state index contributed by atoms with van der Waals surface area (Å²) in [6.45, 7) is 5.47. The Hall–Kier alpha value is -2.47. The van der Waals surface area contributed by atoms with Crippen LogP contribution in [0.1, 0.15) is 49.2 Å². The summed E-state index contributed by atoms with van der Waals surface area (Å²) < 4.78 is 5.92. The van der Waals surface area contributed by atoms with Crippen LogP contribution in [0.5, 0.6) is 0 Å². The zero-order valence-electron chi connectivity index (χ0n) is 15.2. The third-order valence-corrected chi connectivity index (χ3v) is 5.02. The predicted molar refractivity (Wildman–Crippen MR) is 99.2 cm³/mol. The molecule has 1 aromatic carbocycles. The zero-order valence-corrected chi connectivity index (χ0v) is 15.2. The van der Waals surface area contributed by atoms with Crippen molar-refractivity contribution in [1.29, 1.82) is 0 Å². The molecule has 1 amide bonds. The largest absolute Gasteiger partial charge is 0.376 e. The number of H-pyrrole nitrogens is 1. The lowest BCUT2D eigenvalue weighted by molar-refractivity contribution is -0.0838. The van der Waals surface area contributed by atoms with Crippen LogP contribution in [0.25, 0.3) is 0 Å². The summed E-state index contributed by atoms with van der Waals surface area (Å²) in [5.74, 6) is -0.282. The van der Waals surface area contributed by atoms with Gasteiger partial charge in [0.2, 0.25) is 0 Å². The van der Waals surface area contributed by atoms with Crippen LogP contribution in [0.3, 0.4) is 0 Å². The van der Waals surface area contributed by atoms with E-state index in [4.69, 9.17) is 4.74 Å². The molecule has 0 radical (unpaired) electrons. The Labute approximate surface area is 153 Å². The quantitative estimate of drug-likeness (QED) is 0.863. The molecule has 0 bridgehead atoms. The van der Waals surface area contributed by atoms with Gasteiger partial charge in [0.1, 0.15) is 5.69 Å². The highest BCUT2D eigenvalue weighted by Crippen LogP contribution is 2.43. The molecule has 0 aliphatic carbocycles. The van der Waals surface area contributed by atoms with Crippen molar-refractivity contribution in [2.75, 3.05) is 13.2 Å². The Morgan fingerprint density at radius 3 is 2.73 bits per heavy atom. The van der Waals surface area contributed by atoms with Gasteiger partial charge in [0.05, 0.1) is 11.8 Å². The first kappa shape index (κ1) is 18.3. The average molecular weight is 355 g/mol. The fourth-order valence-electron chi connectivity index (χ4n) is 3.85. The molecule has 138 valence electrons. The van der Waals surface area contributed by atoms with E-state index in [1.54, 1.807) is 0 Å². The molecule has 3 rings (SSSR count). The molecule has 0 saturated carbocycles. The van der Waals surface area contributed by atoms with Gasteiger partial charge in [-0.2, -0.15) is 0 Å². The Morgan fingerprint density at radius 2 is 2.08 bits per heavy atom. The second kappa shape index (κ2) is 7.41. The van der Waals surface area contributed by atoms with Crippen LogP contribution in [0, 0.1) is 0 Å². The van der Waals surface area contributed by atoms with Gasteiger partial charge in [0, 0.05) is 24.8 Å². The molecule has 1 aliphatic rings. The lowest BCUT2D eigenvalue weighted by Gasteiger charge is -2.45. The van der Waals surface area contributed by atoms with Crippen molar-refractivity contribution in [2.24, 2.45) is 0 Å². The fraction of sp³-hybridized carbons (Fsp3) is 0.450. The number of amides is 1.